The van der Waals surface area contributed by atoms with Crippen molar-refractivity contribution < 1.29 is 5.11 Å². The van der Waals surface area contributed by atoms with Crippen molar-refractivity contribution in [1.82, 2.24) is 30.0 Å². The summed E-state index contributed by atoms with van der Waals surface area (Å²) in [5.41, 5.74) is 5.18. The molecule has 3 N–H and O–H groups in total. The van der Waals surface area contributed by atoms with Gasteiger partial charge in [0.1, 0.15) is 5.52 Å². The number of aromatic nitrogens is 5. The van der Waals surface area contributed by atoms with Gasteiger partial charge in [-0.15, -0.1) is 0 Å². The topological polar surface area (TPSA) is 111 Å². The summed E-state index contributed by atoms with van der Waals surface area (Å²) in [6.45, 7) is 1.77. The standard InChI is InChI=1S/C25H21ClN6O2/c26-19-9-15(8-16-11-27-31-21(16)19)23-22(14-4-2-1-3-5-14)29-24-20(28-23)10-17(25(34)30-24)12-32-7-6-18(33)13-32/h1-5,8-11,18,33H,6-7,12-13H2,(H,27,31)(H,29,30,34). The molecule has 1 aliphatic heterocycles. The molecule has 0 bridgehead atoms. The van der Waals surface area contributed by atoms with E-state index in [-0.39, 0.29) is 11.7 Å². The van der Waals surface area contributed by atoms with E-state index in [2.05, 4.69) is 20.1 Å². The number of benzene rings is 2. The van der Waals surface area contributed by atoms with Crippen LogP contribution in [-0.2, 0) is 6.54 Å². The van der Waals surface area contributed by atoms with Gasteiger partial charge < -0.3 is 10.1 Å². The van der Waals surface area contributed by atoms with Gasteiger partial charge in [-0.25, -0.2) is 9.97 Å². The Kier molecular flexibility index (Phi) is 5.13. The van der Waals surface area contributed by atoms with Crippen LogP contribution < -0.4 is 5.56 Å². The van der Waals surface area contributed by atoms with E-state index in [1.807, 2.05) is 42.5 Å². The first-order chi connectivity index (χ1) is 16.5. The Bertz CT molecular complexity index is 1580. The third-order valence-corrected chi connectivity index (χ3v) is 6.52. The summed E-state index contributed by atoms with van der Waals surface area (Å²) in [6.07, 6.45) is 2.09. The summed E-state index contributed by atoms with van der Waals surface area (Å²) in [5.74, 6) is 0. The fraction of sp³-hybridized carbons (Fsp3) is 0.200. The molecule has 0 radical (unpaired) electrons. The zero-order chi connectivity index (χ0) is 23.2. The zero-order valence-electron chi connectivity index (χ0n) is 18.1. The monoisotopic (exact) mass is 472 g/mol. The van der Waals surface area contributed by atoms with Crippen LogP contribution in [0.5, 0.6) is 0 Å². The van der Waals surface area contributed by atoms with Crippen LogP contribution >= 0.6 is 11.6 Å². The molecule has 8 nitrogen and oxygen atoms in total. The maximum absolute atomic E-state index is 12.8. The van der Waals surface area contributed by atoms with Crippen molar-refractivity contribution in [2.45, 2.75) is 19.1 Å². The summed E-state index contributed by atoms with van der Waals surface area (Å²) in [5, 5.41) is 18.3. The molecule has 5 aromatic rings. The number of aliphatic hydroxyl groups excluding tert-OH is 1. The Morgan fingerprint density at radius 3 is 2.71 bits per heavy atom. The Balaban J connectivity index is 1.54. The highest BCUT2D eigenvalue weighted by molar-refractivity contribution is 6.35. The van der Waals surface area contributed by atoms with Crippen LogP contribution in [0, 0.1) is 0 Å². The number of rotatable bonds is 4. The van der Waals surface area contributed by atoms with Gasteiger partial charge >= 0.3 is 0 Å². The largest absolute Gasteiger partial charge is 0.392 e. The average molecular weight is 473 g/mol. The van der Waals surface area contributed by atoms with Crippen LogP contribution in [0.1, 0.15) is 12.0 Å². The molecule has 4 heterocycles. The second kappa shape index (κ2) is 8.32. The average Bonchev–Trinajstić information content (AvgIpc) is 3.48. The molecule has 170 valence electrons. The maximum Gasteiger partial charge on any atom is 0.254 e. The molecule has 2 aromatic carbocycles. The number of fused-ring (bicyclic) bond motifs is 2. The van der Waals surface area contributed by atoms with Crippen LogP contribution in [0.2, 0.25) is 5.02 Å². The third kappa shape index (κ3) is 3.75. The Hall–Kier alpha value is -3.59. The quantitative estimate of drug-likeness (QED) is 0.367. The lowest BCUT2D eigenvalue weighted by Crippen LogP contribution is -2.26. The second-order valence-corrected chi connectivity index (χ2v) is 9.02. The molecule has 0 saturated carbocycles. The smallest absolute Gasteiger partial charge is 0.254 e. The molecule has 34 heavy (non-hydrogen) atoms. The normalized spacial score (nSPS) is 16.6. The fourth-order valence-electron chi connectivity index (χ4n) is 4.52. The van der Waals surface area contributed by atoms with E-state index in [1.165, 1.54) is 0 Å². The van der Waals surface area contributed by atoms with Gasteiger partial charge in [0, 0.05) is 41.7 Å². The van der Waals surface area contributed by atoms with Gasteiger partial charge in [0.05, 0.1) is 34.2 Å². The minimum atomic E-state index is -0.345. The number of nitrogens with one attached hydrogen (secondary N) is 2. The highest BCUT2D eigenvalue weighted by Gasteiger charge is 2.22. The molecule has 0 amide bonds. The van der Waals surface area contributed by atoms with Crippen LogP contribution in [0.25, 0.3) is 44.6 Å². The number of H-pyrrole nitrogens is 2. The van der Waals surface area contributed by atoms with Crippen molar-refractivity contribution in [2.24, 2.45) is 0 Å². The summed E-state index contributed by atoms with van der Waals surface area (Å²) in [6, 6.07) is 15.4. The molecule has 9 heteroatoms. The van der Waals surface area contributed by atoms with E-state index < -0.39 is 0 Å². The van der Waals surface area contributed by atoms with Crippen molar-refractivity contribution in [3.05, 3.63) is 75.7 Å². The number of likely N-dealkylation sites (tertiary alicyclic amines) is 1. The number of pyridine rings is 1. The van der Waals surface area contributed by atoms with Gasteiger partial charge in [-0.2, -0.15) is 5.10 Å². The predicted octanol–water partition coefficient (Wildman–Crippen LogP) is 3.75. The first-order valence-corrected chi connectivity index (χ1v) is 11.5. The first-order valence-electron chi connectivity index (χ1n) is 11.1. The molecular formula is C25H21ClN6O2. The predicted molar refractivity (Wildman–Crippen MR) is 132 cm³/mol. The molecule has 6 rings (SSSR count). The summed E-state index contributed by atoms with van der Waals surface area (Å²) in [7, 11) is 0. The lowest BCUT2D eigenvalue weighted by molar-refractivity contribution is 0.174. The molecule has 1 fully saturated rings. The third-order valence-electron chi connectivity index (χ3n) is 6.22. The van der Waals surface area contributed by atoms with Gasteiger partial charge in [-0.05, 0) is 24.6 Å². The fourth-order valence-corrected chi connectivity index (χ4v) is 4.79. The molecule has 0 aliphatic carbocycles. The van der Waals surface area contributed by atoms with Crippen LogP contribution in [0.15, 0.2) is 59.5 Å². The minimum Gasteiger partial charge on any atom is -0.392 e. The summed E-state index contributed by atoms with van der Waals surface area (Å²) in [4.78, 5) is 27.6. The van der Waals surface area contributed by atoms with E-state index in [1.54, 1.807) is 12.3 Å². The molecule has 3 aromatic heterocycles. The van der Waals surface area contributed by atoms with E-state index >= 15 is 0 Å². The SMILES string of the molecule is O=c1[nH]c2nc(-c3ccccc3)c(-c3cc(Cl)c4[nH]ncc4c3)nc2cc1CN1CCC(O)C1. The Morgan fingerprint density at radius 2 is 1.91 bits per heavy atom. The van der Waals surface area contributed by atoms with Gasteiger partial charge in [0.2, 0.25) is 0 Å². The van der Waals surface area contributed by atoms with E-state index in [0.717, 1.165) is 28.6 Å². The number of hydrogen-bond acceptors (Lipinski definition) is 6. The van der Waals surface area contributed by atoms with Crippen LogP contribution in [-0.4, -0.2) is 54.3 Å². The molecular weight excluding hydrogens is 452 g/mol. The molecule has 1 unspecified atom stereocenters. The summed E-state index contributed by atoms with van der Waals surface area (Å²) >= 11 is 6.53. The van der Waals surface area contributed by atoms with Crippen molar-refractivity contribution in [3.63, 3.8) is 0 Å². The lowest BCUT2D eigenvalue weighted by Gasteiger charge is -2.15. The van der Waals surface area contributed by atoms with Gasteiger partial charge in [-0.3, -0.25) is 14.8 Å². The molecule has 1 atom stereocenters. The number of β-amino-alcohol motifs (C(OH)–C–C–N with tert-alkyl or cyclic N) is 1. The Labute approximate surface area is 199 Å². The highest BCUT2D eigenvalue weighted by Crippen LogP contribution is 2.34. The lowest BCUT2D eigenvalue weighted by atomic mass is 10.0. The van der Waals surface area contributed by atoms with E-state index in [4.69, 9.17) is 21.6 Å². The molecule has 1 saturated heterocycles. The van der Waals surface area contributed by atoms with Gasteiger partial charge in [0.25, 0.3) is 5.56 Å². The number of aromatic amines is 2. The second-order valence-electron chi connectivity index (χ2n) is 8.61. The number of halogens is 1. The van der Waals surface area contributed by atoms with E-state index in [9.17, 15) is 9.90 Å². The highest BCUT2D eigenvalue weighted by atomic mass is 35.5. The van der Waals surface area contributed by atoms with Crippen molar-refractivity contribution in [1.29, 1.82) is 0 Å². The molecule has 0 spiro atoms. The number of hydrogen-bond donors (Lipinski definition) is 3. The van der Waals surface area contributed by atoms with Crippen molar-refractivity contribution in [3.8, 4) is 22.5 Å². The van der Waals surface area contributed by atoms with Crippen molar-refractivity contribution >= 4 is 33.7 Å². The first kappa shape index (κ1) is 21.0. The maximum atomic E-state index is 12.8. The molecule has 1 aliphatic rings. The van der Waals surface area contributed by atoms with Gasteiger partial charge in [0.15, 0.2) is 5.65 Å². The van der Waals surface area contributed by atoms with Crippen molar-refractivity contribution in [2.75, 3.05) is 13.1 Å². The van der Waals surface area contributed by atoms with Crippen LogP contribution in [0.3, 0.4) is 0 Å². The number of aliphatic hydroxyl groups is 1. The summed E-state index contributed by atoms with van der Waals surface area (Å²) < 4.78 is 0. The van der Waals surface area contributed by atoms with Crippen LogP contribution in [0.4, 0.5) is 0 Å². The minimum absolute atomic E-state index is 0.196. The van der Waals surface area contributed by atoms with Gasteiger partial charge in [-0.1, -0.05) is 41.9 Å². The van der Waals surface area contributed by atoms with E-state index in [0.29, 0.717) is 52.6 Å². The number of nitrogens with zero attached hydrogens (tertiary/aromatic N) is 4. The zero-order valence-corrected chi connectivity index (χ0v) is 18.9. The Morgan fingerprint density at radius 1 is 1.09 bits per heavy atom.